The van der Waals surface area contributed by atoms with Crippen LogP contribution >= 0.6 is 23.2 Å². The Morgan fingerprint density at radius 3 is 2.42 bits per heavy atom. The van der Waals surface area contributed by atoms with Crippen molar-refractivity contribution < 1.29 is 4.79 Å². The van der Waals surface area contributed by atoms with E-state index in [0.29, 0.717) is 26.4 Å². The maximum atomic E-state index is 12.6. The van der Waals surface area contributed by atoms with E-state index in [4.69, 9.17) is 23.2 Å². The largest absolute Gasteiger partial charge is 0.349 e. The van der Waals surface area contributed by atoms with Crippen molar-refractivity contribution in [1.29, 1.82) is 0 Å². The summed E-state index contributed by atoms with van der Waals surface area (Å²) in [5.74, 6) is -0.0391. The first-order valence-electron chi connectivity index (χ1n) is 9.67. The third-order valence-electron chi connectivity index (χ3n) is 6.19. The minimum Gasteiger partial charge on any atom is -0.349 e. The van der Waals surface area contributed by atoms with E-state index in [2.05, 4.69) is 31.0 Å². The van der Waals surface area contributed by atoms with Gasteiger partial charge in [-0.2, -0.15) is 0 Å². The fourth-order valence-corrected chi connectivity index (χ4v) is 4.41. The molecule has 0 aromatic heterocycles. The number of carbonyl (C=O) groups excluding carboxylic acids is 1. The van der Waals surface area contributed by atoms with Crippen molar-refractivity contribution in [3.63, 3.8) is 0 Å². The first-order valence-corrected chi connectivity index (χ1v) is 10.4. The van der Waals surface area contributed by atoms with Crippen LogP contribution < -0.4 is 5.32 Å². The van der Waals surface area contributed by atoms with Crippen LogP contribution in [-0.4, -0.2) is 36.5 Å². The molecule has 1 saturated carbocycles. The SMILES string of the molecule is CC(C)(C)CCN1CCC2(CCC2NC(=O)c2ccc(Cl)c(Cl)c2)CC1. The van der Waals surface area contributed by atoms with E-state index in [1.165, 1.54) is 32.2 Å². The van der Waals surface area contributed by atoms with Crippen LogP contribution in [0.5, 0.6) is 0 Å². The van der Waals surface area contributed by atoms with Crippen LogP contribution in [0.25, 0.3) is 0 Å². The van der Waals surface area contributed by atoms with Gasteiger partial charge in [0.05, 0.1) is 10.0 Å². The summed E-state index contributed by atoms with van der Waals surface area (Å²) < 4.78 is 0. The molecule has 2 aliphatic rings. The van der Waals surface area contributed by atoms with Crippen molar-refractivity contribution >= 4 is 29.1 Å². The van der Waals surface area contributed by atoms with E-state index in [0.717, 1.165) is 19.5 Å². The molecule has 1 aromatic carbocycles. The first-order chi connectivity index (χ1) is 12.2. The molecule has 1 saturated heterocycles. The fraction of sp³-hybridized carbons (Fsp3) is 0.667. The lowest BCUT2D eigenvalue weighted by Crippen LogP contribution is -2.59. The maximum absolute atomic E-state index is 12.6. The van der Waals surface area contributed by atoms with Crippen molar-refractivity contribution in [3.8, 4) is 0 Å². The Bertz CT molecular complexity index is 660. The van der Waals surface area contributed by atoms with Gasteiger partial charge < -0.3 is 10.2 Å². The zero-order chi connectivity index (χ0) is 18.9. The number of benzene rings is 1. The lowest BCUT2D eigenvalue weighted by molar-refractivity contribution is -0.00704. The van der Waals surface area contributed by atoms with Crippen molar-refractivity contribution in [2.45, 2.75) is 58.9 Å². The predicted octanol–water partition coefficient (Wildman–Crippen LogP) is 5.40. The lowest BCUT2D eigenvalue weighted by atomic mass is 9.59. The van der Waals surface area contributed by atoms with Gasteiger partial charge in [-0.25, -0.2) is 0 Å². The van der Waals surface area contributed by atoms with Crippen LogP contribution in [0.4, 0.5) is 0 Å². The smallest absolute Gasteiger partial charge is 0.251 e. The Kier molecular flexibility index (Phi) is 5.91. The zero-order valence-electron chi connectivity index (χ0n) is 16.1. The quantitative estimate of drug-likeness (QED) is 0.737. The molecule has 5 heteroatoms. The topological polar surface area (TPSA) is 32.3 Å². The number of likely N-dealkylation sites (tertiary alicyclic amines) is 1. The molecule has 26 heavy (non-hydrogen) atoms. The highest BCUT2D eigenvalue weighted by Gasteiger charge is 2.48. The summed E-state index contributed by atoms with van der Waals surface area (Å²) in [5.41, 5.74) is 1.27. The fourth-order valence-electron chi connectivity index (χ4n) is 4.12. The monoisotopic (exact) mass is 396 g/mol. The number of amides is 1. The summed E-state index contributed by atoms with van der Waals surface area (Å²) in [4.78, 5) is 15.2. The number of hydrogen-bond donors (Lipinski definition) is 1. The molecule has 1 unspecified atom stereocenters. The Morgan fingerprint density at radius 2 is 1.88 bits per heavy atom. The number of carbonyl (C=O) groups is 1. The average Bonchev–Trinajstić information content (AvgIpc) is 2.59. The molecule has 1 aliphatic heterocycles. The molecule has 1 aliphatic carbocycles. The number of nitrogens with zero attached hydrogens (tertiary/aromatic N) is 1. The molecule has 2 fully saturated rings. The molecule has 1 N–H and O–H groups in total. The summed E-state index contributed by atoms with van der Waals surface area (Å²) in [7, 11) is 0. The minimum absolute atomic E-state index is 0.0391. The number of halogens is 2. The van der Waals surface area contributed by atoms with Gasteiger partial charge in [0.15, 0.2) is 0 Å². The first kappa shape index (κ1) is 20.0. The van der Waals surface area contributed by atoms with Crippen LogP contribution in [0, 0.1) is 10.8 Å². The Hall–Kier alpha value is -0.770. The molecule has 3 nitrogen and oxygen atoms in total. The van der Waals surface area contributed by atoms with E-state index < -0.39 is 0 Å². The van der Waals surface area contributed by atoms with Crippen molar-refractivity contribution in [2.24, 2.45) is 10.8 Å². The van der Waals surface area contributed by atoms with Gasteiger partial charge in [-0.15, -0.1) is 0 Å². The van der Waals surface area contributed by atoms with Crippen molar-refractivity contribution in [2.75, 3.05) is 19.6 Å². The van der Waals surface area contributed by atoms with Crippen LogP contribution in [0.1, 0.15) is 63.2 Å². The summed E-state index contributed by atoms with van der Waals surface area (Å²) in [5, 5.41) is 4.16. The van der Waals surface area contributed by atoms with Crippen molar-refractivity contribution in [3.05, 3.63) is 33.8 Å². The van der Waals surface area contributed by atoms with Crippen LogP contribution in [-0.2, 0) is 0 Å². The average molecular weight is 397 g/mol. The Morgan fingerprint density at radius 1 is 1.19 bits per heavy atom. The second-order valence-electron chi connectivity index (χ2n) is 9.21. The molecule has 144 valence electrons. The Balaban J connectivity index is 1.53. The summed E-state index contributed by atoms with van der Waals surface area (Å²) in [6.45, 7) is 10.4. The van der Waals surface area contributed by atoms with Gasteiger partial charge in [-0.1, -0.05) is 44.0 Å². The summed E-state index contributed by atoms with van der Waals surface area (Å²) in [6.07, 6.45) is 5.91. The third-order valence-corrected chi connectivity index (χ3v) is 6.93. The van der Waals surface area contributed by atoms with Gasteiger partial charge in [0.25, 0.3) is 5.91 Å². The maximum Gasteiger partial charge on any atom is 0.251 e. The minimum atomic E-state index is -0.0391. The van der Waals surface area contributed by atoms with Gasteiger partial charge in [0, 0.05) is 11.6 Å². The van der Waals surface area contributed by atoms with Crippen molar-refractivity contribution in [1.82, 2.24) is 10.2 Å². The highest BCUT2D eigenvalue weighted by Crippen LogP contribution is 2.49. The van der Waals surface area contributed by atoms with E-state index in [1.807, 2.05) is 0 Å². The standard InChI is InChI=1S/C21H30Cl2N2O/c1-20(2,3)8-11-25-12-9-21(10-13-25)7-6-18(21)24-19(26)15-4-5-16(22)17(23)14-15/h4-5,14,18H,6-13H2,1-3H3,(H,24,26). The molecule has 1 spiro atoms. The molecular weight excluding hydrogens is 367 g/mol. The zero-order valence-corrected chi connectivity index (χ0v) is 17.6. The number of piperidine rings is 1. The van der Waals surface area contributed by atoms with Crippen LogP contribution in [0.2, 0.25) is 10.0 Å². The van der Waals surface area contributed by atoms with Gasteiger partial charge in [-0.3, -0.25) is 4.79 Å². The van der Waals surface area contributed by atoms with E-state index in [1.54, 1.807) is 18.2 Å². The number of hydrogen-bond acceptors (Lipinski definition) is 2. The normalized spacial score (nSPS) is 22.9. The highest BCUT2D eigenvalue weighted by atomic mass is 35.5. The second-order valence-corrected chi connectivity index (χ2v) is 10.0. The number of nitrogens with one attached hydrogen (secondary N) is 1. The van der Waals surface area contributed by atoms with E-state index >= 15 is 0 Å². The van der Waals surface area contributed by atoms with Crippen LogP contribution in [0.3, 0.4) is 0 Å². The third kappa shape index (κ3) is 4.55. The molecule has 1 amide bonds. The number of rotatable bonds is 4. The molecule has 1 heterocycles. The molecular formula is C21H30Cl2N2O. The lowest BCUT2D eigenvalue weighted by Gasteiger charge is -2.54. The van der Waals surface area contributed by atoms with E-state index in [-0.39, 0.29) is 11.9 Å². The molecule has 0 radical (unpaired) electrons. The molecule has 0 bridgehead atoms. The summed E-state index contributed by atoms with van der Waals surface area (Å²) >= 11 is 12.0. The molecule has 1 aromatic rings. The predicted molar refractivity (Wildman–Crippen MR) is 109 cm³/mol. The highest BCUT2D eigenvalue weighted by molar-refractivity contribution is 6.42. The molecule has 1 atom stereocenters. The van der Waals surface area contributed by atoms with E-state index in [9.17, 15) is 4.79 Å². The summed E-state index contributed by atoms with van der Waals surface area (Å²) in [6, 6.07) is 5.36. The van der Waals surface area contributed by atoms with Gasteiger partial charge in [0.1, 0.15) is 0 Å². The van der Waals surface area contributed by atoms with Gasteiger partial charge >= 0.3 is 0 Å². The second kappa shape index (κ2) is 7.69. The molecule has 3 rings (SSSR count). The van der Waals surface area contributed by atoms with Crippen LogP contribution in [0.15, 0.2) is 18.2 Å². The van der Waals surface area contributed by atoms with Gasteiger partial charge in [0.2, 0.25) is 0 Å². The Labute approximate surface area is 167 Å². The van der Waals surface area contributed by atoms with Gasteiger partial charge in [-0.05, 0) is 80.8 Å².